The number of benzene rings is 1. The molecule has 2 N–H and O–H groups in total. The van der Waals surface area contributed by atoms with Crippen molar-refractivity contribution in [1.82, 2.24) is 9.97 Å². The summed E-state index contributed by atoms with van der Waals surface area (Å²) in [6, 6.07) is 9.91. The third-order valence-corrected chi connectivity index (χ3v) is 7.75. The number of aliphatic hydroxyl groups is 1. The highest BCUT2D eigenvalue weighted by atomic mass is 32.2. The first-order valence-electron chi connectivity index (χ1n) is 10.9. The average Bonchev–Trinajstić information content (AvgIpc) is 3.18. The lowest BCUT2D eigenvalue weighted by molar-refractivity contribution is 0.249. The summed E-state index contributed by atoms with van der Waals surface area (Å²) in [4.78, 5) is 12.5. The molecule has 1 aromatic heterocycles. The molecule has 31 heavy (non-hydrogen) atoms. The molecule has 4 rings (SSSR count). The van der Waals surface area contributed by atoms with E-state index in [4.69, 9.17) is 15.2 Å². The van der Waals surface area contributed by atoms with Crippen LogP contribution in [-0.2, 0) is 17.2 Å². The number of anilines is 2. The number of rotatable bonds is 6. The Hall–Kier alpha value is -2.50. The highest BCUT2D eigenvalue weighted by molar-refractivity contribution is 7.85. The van der Waals surface area contributed by atoms with E-state index >= 15 is 0 Å². The largest absolute Gasteiger partial charge is 0.394 e. The predicted octanol–water partition coefficient (Wildman–Crippen LogP) is 2.82. The SMILES string of the molecule is CC(C)C(CO)Nc1nc(N2CCC(c3ccc(C#N)cc3)CC2)nc2c1S(=O)CC2. The highest BCUT2D eigenvalue weighted by Crippen LogP contribution is 2.33. The van der Waals surface area contributed by atoms with Crippen molar-refractivity contribution in [2.24, 2.45) is 5.92 Å². The van der Waals surface area contributed by atoms with E-state index in [9.17, 15) is 9.32 Å². The Labute approximate surface area is 186 Å². The van der Waals surface area contributed by atoms with Gasteiger partial charge >= 0.3 is 0 Å². The molecule has 8 heteroatoms. The summed E-state index contributed by atoms with van der Waals surface area (Å²) in [6.45, 7) is 5.77. The fourth-order valence-corrected chi connectivity index (χ4v) is 5.58. The molecule has 0 saturated carbocycles. The molecule has 0 aliphatic carbocycles. The lowest BCUT2D eigenvalue weighted by atomic mass is 9.89. The predicted molar refractivity (Wildman–Crippen MR) is 122 cm³/mol. The smallest absolute Gasteiger partial charge is 0.227 e. The number of piperidine rings is 1. The van der Waals surface area contributed by atoms with Gasteiger partial charge in [0.1, 0.15) is 10.7 Å². The van der Waals surface area contributed by atoms with Crippen LogP contribution in [0.25, 0.3) is 0 Å². The van der Waals surface area contributed by atoms with E-state index < -0.39 is 10.8 Å². The zero-order valence-electron chi connectivity index (χ0n) is 18.0. The number of hydrogen-bond donors (Lipinski definition) is 2. The van der Waals surface area contributed by atoms with Crippen molar-refractivity contribution in [2.75, 3.05) is 35.7 Å². The normalized spacial score (nSPS) is 19.8. The third kappa shape index (κ3) is 4.58. The number of nitrogens with one attached hydrogen (secondary N) is 1. The van der Waals surface area contributed by atoms with Gasteiger partial charge in [0.05, 0.1) is 40.8 Å². The van der Waals surface area contributed by atoms with Crippen LogP contribution in [0.3, 0.4) is 0 Å². The quantitative estimate of drug-likeness (QED) is 0.713. The first kappa shape index (κ1) is 21.7. The molecule has 2 atom stereocenters. The molecule has 1 saturated heterocycles. The van der Waals surface area contributed by atoms with Gasteiger partial charge in [-0.25, -0.2) is 4.98 Å². The number of aromatic nitrogens is 2. The molecule has 2 aliphatic rings. The molecule has 164 valence electrons. The maximum absolute atomic E-state index is 12.6. The Balaban J connectivity index is 1.53. The van der Waals surface area contributed by atoms with E-state index in [-0.39, 0.29) is 18.6 Å². The molecule has 2 aromatic rings. The van der Waals surface area contributed by atoms with E-state index in [2.05, 4.69) is 28.4 Å². The molecule has 0 amide bonds. The fraction of sp³-hybridized carbons (Fsp3) is 0.522. The summed E-state index contributed by atoms with van der Waals surface area (Å²) < 4.78 is 12.6. The zero-order chi connectivity index (χ0) is 22.0. The zero-order valence-corrected chi connectivity index (χ0v) is 18.9. The molecule has 0 radical (unpaired) electrons. The van der Waals surface area contributed by atoms with Gasteiger partial charge in [-0.05, 0) is 42.4 Å². The monoisotopic (exact) mass is 439 g/mol. The molecule has 0 bridgehead atoms. The second kappa shape index (κ2) is 9.33. The standard InChI is InChI=1S/C23H29N5O2S/c1-15(2)20(14-29)25-22-21-19(9-12-31(21)30)26-23(27-22)28-10-7-18(8-11-28)17-5-3-16(13-24)4-6-17/h3-6,15,18,20,29H,7-12,14H2,1-2H3,(H,25,26,27). The number of aliphatic hydroxyl groups excluding tert-OH is 1. The van der Waals surface area contributed by atoms with Gasteiger partial charge in [0.15, 0.2) is 0 Å². The number of hydrogen-bond acceptors (Lipinski definition) is 7. The van der Waals surface area contributed by atoms with Crippen LogP contribution in [-0.4, -0.2) is 50.8 Å². The van der Waals surface area contributed by atoms with Crippen LogP contribution < -0.4 is 10.2 Å². The Morgan fingerprint density at radius 2 is 1.97 bits per heavy atom. The van der Waals surface area contributed by atoms with Gasteiger partial charge in [-0.1, -0.05) is 26.0 Å². The van der Waals surface area contributed by atoms with Gasteiger partial charge in [0.25, 0.3) is 0 Å². The minimum absolute atomic E-state index is 0.00556. The van der Waals surface area contributed by atoms with Crippen LogP contribution in [0.15, 0.2) is 29.2 Å². The second-order valence-electron chi connectivity index (χ2n) is 8.62. The molecular weight excluding hydrogens is 410 g/mol. The van der Waals surface area contributed by atoms with Gasteiger partial charge in [-0.2, -0.15) is 10.2 Å². The summed E-state index contributed by atoms with van der Waals surface area (Å²) in [7, 11) is -1.10. The number of nitrogens with zero attached hydrogens (tertiary/aromatic N) is 4. The van der Waals surface area contributed by atoms with E-state index in [1.165, 1.54) is 5.56 Å². The molecule has 2 aliphatic heterocycles. The fourth-order valence-electron chi connectivity index (χ4n) is 4.26. The van der Waals surface area contributed by atoms with Gasteiger partial charge in [0.2, 0.25) is 5.95 Å². The maximum Gasteiger partial charge on any atom is 0.227 e. The third-order valence-electron chi connectivity index (χ3n) is 6.29. The minimum Gasteiger partial charge on any atom is -0.394 e. The van der Waals surface area contributed by atoms with Crippen molar-refractivity contribution >= 4 is 22.6 Å². The number of aryl methyl sites for hydroxylation is 1. The number of fused-ring (bicyclic) bond motifs is 1. The first-order chi connectivity index (χ1) is 15.0. The van der Waals surface area contributed by atoms with Crippen LogP contribution >= 0.6 is 0 Å². The molecule has 1 fully saturated rings. The van der Waals surface area contributed by atoms with Crippen molar-refractivity contribution in [3.63, 3.8) is 0 Å². The van der Waals surface area contributed by atoms with E-state index in [1.807, 2.05) is 26.0 Å². The Morgan fingerprint density at radius 3 is 2.58 bits per heavy atom. The average molecular weight is 440 g/mol. The van der Waals surface area contributed by atoms with Crippen molar-refractivity contribution in [1.29, 1.82) is 5.26 Å². The van der Waals surface area contributed by atoms with Crippen LogP contribution in [0.1, 0.15) is 49.4 Å². The molecular formula is C23H29N5O2S. The molecule has 1 aromatic carbocycles. The van der Waals surface area contributed by atoms with Crippen LogP contribution in [0.2, 0.25) is 0 Å². The Kier molecular flexibility index (Phi) is 6.54. The van der Waals surface area contributed by atoms with E-state index in [1.54, 1.807) is 0 Å². The van der Waals surface area contributed by atoms with Crippen molar-refractivity contribution in [2.45, 2.75) is 50.0 Å². The minimum atomic E-state index is -1.10. The summed E-state index contributed by atoms with van der Waals surface area (Å²) in [6.07, 6.45) is 2.68. The Morgan fingerprint density at radius 1 is 1.26 bits per heavy atom. The molecule has 3 heterocycles. The summed E-state index contributed by atoms with van der Waals surface area (Å²) >= 11 is 0. The van der Waals surface area contributed by atoms with Crippen molar-refractivity contribution in [3.05, 3.63) is 41.1 Å². The lowest BCUT2D eigenvalue weighted by Crippen LogP contribution is -2.35. The van der Waals surface area contributed by atoms with Gasteiger partial charge in [-0.3, -0.25) is 4.21 Å². The summed E-state index contributed by atoms with van der Waals surface area (Å²) in [5, 5.41) is 22.1. The summed E-state index contributed by atoms with van der Waals surface area (Å²) in [5.41, 5.74) is 2.82. The van der Waals surface area contributed by atoms with Crippen LogP contribution in [0, 0.1) is 17.2 Å². The van der Waals surface area contributed by atoms with Crippen LogP contribution in [0.4, 0.5) is 11.8 Å². The first-order valence-corrected chi connectivity index (χ1v) is 12.2. The maximum atomic E-state index is 12.6. The lowest BCUT2D eigenvalue weighted by Gasteiger charge is -2.33. The molecule has 0 spiro atoms. The Bertz CT molecular complexity index is 994. The second-order valence-corrected chi connectivity index (χ2v) is 10.1. The molecule has 7 nitrogen and oxygen atoms in total. The van der Waals surface area contributed by atoms with E-state index in [0.29, 0.717) is 40.3 Å². The van der Waals surface area contributed by atoms with Gasteiger partial charge in [-0.15, -0.1) is 0 Å². The van der Waals surface area contributed by atoms with Crippen molar-refractivity contribution < 1.29 is 9.32 Å². The number of nitriles is 1. The van der Waals surface area contributed by atoms with Crippen LogP contribution in [0.5, 0.6) is 0 Å². The van der Waals surface area contributed by atoms with Gasteiger partial charge in [0, 0.05) is 25.3 Å². The van der Waals surface area contributed by atoms with E-state index in [0.717, 1.165) is 31.6 Å². The van der Waals surface area contributed by atoms with Crippen molar-refractivity contribution in [3.8, 4) is 6.07 Å². The topological polar surface area (TPSA) is 102 Å². The summed E-state index contributed by atoms with van der Waals surface area (Å²) in [5.74, 6) is 2.55. The molecule has 2 unspecified atom stereocenters. The highest BCUT2D eigenvalue weighted by Gasteiger charge is 2.30. The van der Waals surface area contributed by atoms with Gasteiger partial charge < -0.3 is 15.3 Å².